The number of para-hydroxylation sites is 1. The van der Waals surface area contributed by atoms with E-state index >= 15 is 0 Å². The lowest BCUT2D eigenvalue weighted by Gasteiger charge is -1.93. The van der Waals surface area contributed by atoms with E-state index in [1.54, 1.807) is 6.07 Å². The Bertz CT molecular complexity index is 255. The van der Waals surface area contributed by atoms with Crippen molar-refractivity contribution in [2.45, 2.75) is 0 Å². The average Bonchev–Trinajstić information content (AvgIpc) is 1.88. The van der Waals surface area contributed by atoms with Crippen LogP contribution in [0.5, 0.6) is 5.75 Å². The standard InChI is InChI=1S/C7H5O3/c8-6-4-2-1-3-5(6)7(9)10/h1-4,8H. The fourth-order valence-electron chi connectivity index (χ4n) is 0.646. The number of benzene rings is 1. The third-order valence-corrected chi connectivity index (χ3v) is 1.12. The number of hydrogen-bond acceptors (Lipinski definition) is 2. The van der Waals surface area contributed by atoms with Crippen molar-refractivity contribution in [1.82, 2.24) is 0 Å². The second-order valence-electron chi connectivity index (χ2n) is 1.80. The molecule has 1 aromatic carbocycles. The highest BCUT2D eigenvalue weighted by Crippen LogP contribution is 2.14. The maximum absolute atomic E-state index is 10.2. The summed E-state index contributed by atoms with van der Waals surface area (Å²) in [6.07, 6.45) is 0. The van der Waals surface area contributed by atoms with Gasteiger partial charge in [0.25, 0.3) is 0 Å². The van der Waals surface area contributed by atoms with Gasteiger partial charge in [0.05, 0.1) is 0 Å². The van der Waals surface area contributed by atoms with E-state index in [1.165, 1.54) is 18.2 Å². The second kappa shape index (κ2) is 2.39. The fraction of sp³-hybridized carbons (Fsp3) is 0. The zero-order valence-corrected chi connectivity index (χ0v) is 5.07. The van der Waals surface area contributed by atoms with Crippen molar-refractivity contribution in [3.8, 4) is 5.75 Å². The molecule has 3 nitrogen and oxygen atoms in total. The summed E-state index contributed by atoms with van der Waals surface area (Å²) in [7, 11) is 0. The van der Waals surface area contributed by atoms with Gasteiger partial charge >= 0.3 is 5.97 Å². The highest BCUT2D eigenvalue weighted by molar-refractivity contribution is 5.90. The highest BCUT2D eigenvalue weighted by Gasteiger charge is 2.08. The van der Waals surface area contributed by atoms with E-state index in [0.29, 0.717) is 0 Å². The number of carbonyl (C=O) groups excluding carboxylic acids is 1. The minimum absolute atomic E-state index is 0.178. The molecular formula is C7H5O3. The summed E-state index contributed by atoms with van der Waals surface area (Å²) in [5.74, 6) is -1.62. The number of phenols is 1. The summed E-state index contributed by atoms with van der Waals surface area (Å²) in [5.41, 5.74) is -0.178. The SMILES string of the molecule is [O]C(=O)c1ccccc1O. The molecule has 1 radical (unpaired) electrons. The van der Waals surface area contributed by atoms with Crippen LogP contribution in [0.25, 0.3) is 0 Å². The van der Waals surface area contributed by atoms with Crippen LogP contribution in [0.1, 0.15) is 10.4 Å². The molecule has 3 heteroatoms. The molecule has 0 aliphatic carbocycles. The summed E-state index contributed by atoms with van der Waals surface area (Å²) in [5, 5.41) is 19.0. The normalized spacial score (nSPS) is 9.20. The lowest BCUT2D eigenvalue weighted by Crippen LogP contribution is -1.93. The monoisotopic (exact) mass is 137 g/mol. The van der Waals surface area contributed by atoms with Crippen molar-refractivity contribution in [3.05, 3.63) is 29.8 Å². The van der Waals surface area contributed by atoms with Gasteiger partial charge in [-0.2, -0.15) is 0 Å². The van der Waals surface area contributed by atoms with Gasteiger partial charge in [0.2, 0.25) is 0 Å². The Kier molecular flexibility index (Phi) is 1.58. The molecule has 1 aromatic rings. The van der Waals surface area contributed by atoms with Crippen LogP contribution in [0.3, 0.4) is 0 Å². The van der Waals surface area contributed by atoms with Gasteiger partial charge in [-0.25, -0.2) is 9.90 Å². The Labute approximate surface area is 57.5 Å². The van der Waals surface area contributed by atoms with E-state index in [4.69, 9.17) is 5.11 Å². The molecule has 0 aromatic heterocycles. The summed E-state index contributed by atoms with van der Waals surface area (Å²) < 4.78 is 0. The quantitative estimate of drug-likeness (QED) is 0.626. The Hall–Kier alpha value is -1.51. The van der Waals surface area contributed by atoms with Crippen LogP contribution in [0, 0.1) is 0 Å². The zero-order valence-electron chi connectivity index (χ0n) is 5.07. The molecule has 0 heterocycles. The van der Waals surface area contributed by atoms with Gasteiger partial charge in [0.15, 0.2) is 0 Å². The van der Waals surface area contributed by atoms with E-state index in [1.807, 2.05) is 0 Å². The smallest absolute Gasteiger partial charge is 0.390 e. The molecule has 0 aliphatic rings. The first-order valence-corrected chi connectivity index (χ1v) is 2.71. The zero-order chi connectivity index (χ0) is 7.56. The van der Waals surface area contributed by atoms with Crippen LogP contribution in [-0.2, 0) is 5.11 Å². The number of rotatable bonds is 1. The number of hydrogen-bond donors (Lipinski definition) is 1. The Balaban J connectivity index is 3.15. The molecular weight excluding hydrogens is 132 g/mol. The average molecular weight is 137 g/mol. The molecule has 0 atom stereocenters. The number of carbonyl (C=O) groups is 1. The van der Waals surface area contributed by atoms with Crippen molar-refractivity contribution >= 4 is 5.97 Å². The second-order valence-corrected chi connectivity index (χ2v) is 1.80. The van der Waals surface area contributed by atoms with E-state index in [0.717, 1.165) is 0 Å². The predicted molar refractivity (Wildman–Crippen MR) is 33.1 cm³/mol. The highest BCUT2D eigenvalue weighted by atomic mass is 16.4. The maximum atomic E-state index is 10.2. The Morgan fingerprint density at radius 3 is 2.30 bits per heavy atom. The van der Waals surface area contributed by atoms with Crippen molar-refractivity contribution in [1.29, 1.82) is 0 Å². The van der Waals surface area contributed by atoms with E-state index in [9.17, 15) is 9.90 Å². The molecule has 0 amide bonds. The summed E-state index contributed by atoms with van der Waals surface area (Å²) in [6.45, 7) is 0. The molecule has 0 saturated heterocycles. The maximum Gasteiger partial charge on any atom is 0.390 e. The van der Waals surface area contributed by atoms with Crippen molar-refractivity contribution in [3.63, 3.8) is 0 Å². The molecule has 0 saturated carbocycles. The lowest BCUT2D eigenvalue weighted by atomic mass is 10.2. The topological polar surface area (TPSA) is 57.2 Å². The number of phenolic OH excluding ortho intramolecular Hbond substituents is 1. The van der Waals surface area contributed by atoms with Gasteiger partial charge in [0, 0.05) is 0 Å². The Morgan fingerprint density at radius 2 is 1.90 bits per heavy atom. The molecule has 1 rings (SSSR count). The minimum Gasteiger partial charge on any atom is -0.507 e. The molecule has 1 N–H and O–H groups in total. The molecule has 10 heavy (non-hydrogen) atoms. The molecule has 0 fully saturated rings. The van der Waals surface area contributed by atoms with Crippen LogP contribution < -0.4 is 0 Å². The van der Waals surface area contributed by atoms with Gasteiger partial charge in [-0.3, -0.25) is 0 Å². The summed E-state index contributed by atoms with van der Waals surface area (Å²) >= 11 is 0. The van der Waals surface area contributed by atoms with Crippen molar-refractivity contribution in [2.75, 3.05) is 0 Å². The Morgan fingerprint density at radius 1 is 1.30 bits per heavy atom. The van der Waals surface area contributed by atoms with E-state index in [2.05, 4.69) is 0 Å². The van der Waals surface area contributed by atoms with Gasteiger partial charge in [-0.1, -0.05) is 12.1 Å². The third-order valence-electron chi connectivity index (χ3n) is 1.12. The first-order chi connectivity index (χ1) is 4.72. The van der Waals surface area contributed by atoms with Crippen LogP contribution in [0.15, 0.2) is 24.3 Å². The van der Waals surface area contributed by atoms with E-state index in [-0.39, 0.29) is 11.3 Å². The lowest BCUT2D eigenvalue weighted by molar-refractivity contribution is 0.0570. The van der Waals surface area contributed by atoms with Crippen LogP contribution in [0.4, 0.5) is 0 Å². The predicted octanol–water partition coefficient (Wildman–Crippen LogP) is 0.963. The number of aromatic hydroxyl groups is 1. The first-order valence-electron chi connectivity index (χ1n) is 2.71. The molecule has 0 unspecified atom stereocenters. The van der Waals surface area contributed by atoms with Gasteiger partial charge < -0.3 is 5.11 Å². The minimum atomic E-state index is -1.36. The third kappa shape index (κ3) is 1.07. The van der Waals surface area contributed by atoms with Gasteiger partial charge in [-0.05, 0) is 12.1 Å². The van der Waals surface area contributed by atoms with E-state index < -0.39 is 5.97 Å². The first kappa shape index (κ1) is 6.61. The molecule has 0 bridgehead atoms. The van der Waals surface area contributed by atoms with Gasteiger partial charge in [0.1, 0.15) is 11.3 Å². The largest absolute Gasteiger partial charge is 0.507 e. The molecule has 51 valence electrons. The van der Waals surface area contributed by atoms with Crippen molar-refractivity contribution in [2.24, 2.45) is 0 Å². The summed E-state index contributed by atoms with van der Waals surface area (Å²) in [4.78, 5) is 10.2. The van der Waals surface area contributed by atoms with Crippen LogP contribution >= 0.6 is 0 Å². The molecule has 0 aliphatic heterocycles. The fourth-order valence-corrected chi connectivity index (χ4v) is 0.646. The van der Waals surface area contributed by atoms with Crippen LogP contribution in [-0.4, -0.2) is 11.1 Å². The van der Waals surface area contributed by atoms with Gasteiger partial charge in [-0.15, -0.1) is 0 Å². The van der Waals surface area contributed by atoms with Crippen molar-refractivity contribution < 1.29 is 15.0 Å². The molecule has 0 spiro atoms. The summed E-state index contributed by atoms with van der Waals surface area (Å²) in [6, 6.07) is 5.64. The van der Waals surface area contributed by atoms with Crippen LogP contribution in [0.2, 0.25) is 0 Å².